The van der Waals surface area contributed by atoms with Gasteiger partial charge < -0.3 is 4.90 Å². The van der Waals surface area contributed by atoms with E-state index in [1.807, 2.05) is 11.3 Å². The SMILES string of the molecule is c1ccc(-c2ccc(-c3cccc(N(c4ccccc4)c4cc5c(sc6cccc(-c7cccc8ccccc78)c65)c5ccccc45)c3)cc2)cc1. The van der Waals surface area contributed by atoms with Crippen LogP contribution >= 0.6 is 11.3 Å². The molecule has 0 spiro atoms. The van der Waals surface area contributed by atoms with E-state index in [0.717, 1.165) is 11.4 Å². The maximum absolute atomic E-state index is 2.44. The number of thiophene rings is 1. The molecule has 0 fully saturated rings. The highest BCUT2D eigenvalue weighted by Crippen LogP contribution is 2.49. The monoisotopic (exact) mass is 679 g/mol. The van der Waals surface area contributed by atoms with Crippen molar-refractivity contribution in [3.05, 3.63) is 200 Å². The van der Waals surface area contributed by atoms with E-state index in [1.54, 1.807) is 0 Å². The average molecular weight is 680 g/mol. The third kappa shape index (κ3) is 5.16. The van der Waals surface area contributed by atoms with Gasteiger partial charge in [0, 0.05) is 42.3 Å². The molecule has 0 aliphatic heterocycles. The molecule has 52 heavy (non-hydrogen) atoms. The van der Waals surface area contributed by atoms with E-state index in [4.69, 9.17) is 0 Å². The molecule has 0 atom stereocenters. The van der Waals surface area contributed by atoms with Gasteiger partial charge in [0.1, 0.15) is 0 Å². The van der Waals surface area contributed by atoms with Gasteiger partial charge in [-0.2, -0.15) is 0 Å². The van der Waals surface area contributed by atoms with Gasteiger partial charge in [-0.3, -0.25) is 0 Å². The van der Waals surface area contributed by atoms with Crippen LogP contribution in [0.1, 0.15) is 0 Å². The van der Waals surface area contributed by atoms with E-state index in [1.165, 1.54) is 80.8 Å². The lowest BCUT2D eigenvalue weighted by Gasteiger charge is -2.27. The summed E-state index contributed by atoms with van der Waals surface area (Å²) >= 11 is 1.90. The molecule has 0 saturated carbocycles. The molecule has 0 saturated heterocycles. The maximum atomic E-state index is 2.44. The first-order chi connectivity index (χ1) is 25.8. The first-order valence-corrected chi connectivity index (χ1v) is 18.6. The van der Waals surface area contributed by atoms with Crippen molar-refractivity contribution in [1.29, 1.82) is 0 Å². The quantitative estimate of drug-likeness (QED) is 0.169. The Bertz CT molecular complexity index is 2880. The summed E-state index contributed by atoms with van der Waals surface area (Å²) in [5.74, 6) is 0. The first-order valence-electron chi connectivity index (χ1n) is 17.8. The fraction of sp³-hybridized carbons (Fsp3) is 0. The molecule has 0 amide bonds. The average Bonchev–Trinajstić information content (AvgIpc) is 3.61. The van der Waals surface area contributed by atoms with Gasteiger partial charge in [-0.15, -0.1) is 11.3 Å². The van der Waals surface area contributed by atoms with Crippen molar-refractivity contribution >= 4 is 70.1 Å². The molecule has 2 heteroatoms. The van der Waals surface area contributed by atoms with Gasteiger partial charge in [0.05, 0.1) is 5.69 Å². The number of rotatable bonds is 6. The Morgan fingerprint density at radius 2 is 0.904 bits per heavy atom. The fourth-order valence-electron chi connectivity index (χ4n) is 7.81. The Morgan fingerprint density at radius 3 is 1.71 bits per heavy atom. The molecule has 244 valence electrons. The highest BCUT2D eigenvalue weighted by molar-refractivity contribution is 7.26. The number of anilines is 3. The Hall–Kier alpha value is -6.48. The standard InChI is InChI=1S/C50H33NS/c1-3-14-34(15-4-1)35-28-30-36(31-29-35)38-18-11-21-40(32-38)51(39-19-5-2-6-20-39)47-33-46-49-44(42-25-12-17-37-16-7-8-22-41(37)42)26-13-27-48(49)52-50(46)45-24-10-9-23-43(45)47/h1-33H. The Balaban J connectivity index is 1.20. The van der Waals surface area contributed by atoms with E-state index in [0.29, 0.717) is 0 Å². The van der Waals surface area contributed by atoms with Crippen molar-refractivity contribution in [2.24, 2.45) is 0 Å². The van der Waals surface area contributed by atoms with E-state index < -0.39 is 0 Å². The van der Waals surface area contributed by atoms with Gasteiger partial charge in [0.15, 0.2) is 0 Å². The summed E-state index contributed by atoms with van der Waals surface area (Å²) in [7, 11) is 0. The van der Waals surface area contributed by atoms with Crippen LogP contribution in [-0.4, -0.2) is 0 Å². The summed E-state index contributed by atoms with van der Waals surface area (Å²) in [6.45, 7) is 0. The lowest BCUT2D eigenvalue weighted by atomic mass is 9.93. The minimum absolute atomic E-state index is 1.12. The second kappa shape index (κ2) is 12.7. The van der Waals surface area contributed by atoms with E-state index in [-0.39, 0.29) is 0 Å². The van der Waals surface area contributed by atoms with Crippen molar-refractivity contribution in [3.8, 4) is 33.4 Å². The lowest BCUT2D eigenvalue weighted by Crippen LogP contribution is -2.10. The molecule has 1 aromatic heterocycles. The smallest absolute Gasteiger partial charge is 0.0547 e. The first kappa shape index (κ1) is 30.4. The molecule has 10 rings (SSSR count). The van der Waals surface area contributed by atoms with Crippen LogP contribution in [0.2, 0.25) is 0 Å². The van der Waals surface area contributed by atoms with Crippen LogP contribution in [0.25, 0.3) is 75.1 Å². The zero-order valence-electron chi connectivity index (χ0n) is 28.4. The van der Waals surface area contributed by atoms with Crippen LogP contribution in [-0.2, 0) is 0 Å². The summed E-state index contributed by atoms with van der Waals surface area (Å²) < 4.78 is 2.62. The van der Waals surface area contributed by atoms with E-state index >= 15 is 0 Å². The summed E-state index contributed by atoms with van der Waals surface area (Å²) in [6.07, 6.45) is 0. The third-order valence-corrected chi connectivity index (χ3v) is 11.4. The van der Waals surface area contributed by atoms with Gasteiger partial charge in [-0.05, 0) is 80.6 Å². The lowest BCUT2D eigenvalue weighted by molar-refractivity contribution is 1.30. The van der Waals surface area contributed by atoms with Crippen LogP contribution in [0, 0.1) is 0 Å². The Kier molecular flexibility index (Phi) is 7.41. The van der Waals surface area contributed by atoms with Gasteiger partial charge in [0.2, 0.25) is 0 Å². The molecular formula is C50H33NS. The number of nitrogens with zero attached hydrogens (tertiary/aromatic N) is 1. The second-order valence-electron chi connectivity index (χ2n) is 13.3. The van der Waals surface area contributed by atoms with Crippen molar-refractivity contribution in [2.75, 3.05) is 4.90 Å². The van der Waals surface area contributed by atoms with Gasteiger partial charge in [-0.25, -0.2) is 0 Å². The fourth-order valence-corrected chi connectivity index (χ4v) is 9.06. The number of benzene rings is 9. The van der Waals surface area contributed by atoms with Crippen LogP contribution in [0.5, 0.6) is 0 Å². The molecule has 0 bridgehead atoms. The van der Waals surface area contributed by atoms with E-state index in [2.05, 4.69) is 205 Å². The summed E-state index contributed by atoms with van der Waals surface area (Å²) in [5, 5.41) is 7.63. The summed E-state index contributed by atoms with van der Waals surface area (Å²) in [6, 6.07) is 72.8. The molecule has 0 radical (unpaired) electrons. The highest BCUT2D eigenvalue weighted by Gasteiger charge is 2.21. The van der Waals surface area contributed by atoms with Crippen LogP contribution < -0.4 is 4.90 Å². The summed E-state index contributed by atoms with van der Waals surface area (Å²) in [4.78, 5) is 2.44. The van der Waals surface area contributed by atoms with Crippen molar-refractivity contribution in [3.63, 3.8) is 0 Å². The third-order valence-electron chi connectivity index (χ3n) is 10.2. The molecule has 9 aromatic carbocycles. The van der Waals surface area contributed by atoms with Gasteiger partial charge >= 0.3 is 0 Å². The molecule has 0 aliphatic carbocycles. The molecule has 1 nitrogen and oxygen atoms in total. The van der Waals surface area contributed by atoms with Crippen molar-refractivity contribution < 1.29 is 0 Å². The maximum Gasteiger partial charge on any atom is 0.0547 e. The molecule has 0 unspecified atom stereocenters. The minimum Gasteiger partial charge on any atom is -0.310 e. The van der Waals surface area contributed by atoms with Crippen LogP contribution in [0.4, 0.5) is 17.1 Å². The molecular weight excluding hydrogens is 647 g/mol. The zero-order chi connectivity index (χ0) is 34.4. The Morgan fingerprint density at radius 1 is 0.346 bits per heavy atom. The second-order valence-corrected chi connectivity index (χ2v) is 14.3. The largest absolute Gasteiger partial charge is 0.310 e. The molecule has 1 heterocycles. The van der Waals surface area contributed by atoms with Crippen molar-refractivity contribution in [1.82, 2.24) is 0 Å². The molecule has 0 N–H and O–H groups in total. The number of hydrogen-bond donors (Lipinski definition) is 0. The molecule has 10 aromatic rings. The van der Waals surface area contributed by atoms with Gasteiger partial charge in [-0.1, -0.05) is 164 Å². The van der Waals surface area contributed by atoms with E-state index in [9.17, 15) is 0 Å². The van der Waals surface area contributed by atoms with Crippen LogP contribution in [0.15, 0.2) is 200 Å². The van der Waals surface area contributed by atoms with Crippen molar-refractivity contribution in [2.45, 2.75) is 0 Å². The summed E-state index contributed by atoms with van der Waals surface area (Å²) in [5.41, 5.74) is 10.8. The predicted octanol–water partition coefficient (Wildman–Crippen LogP) is 14.8. The zero-order valence-corrected chi connectivity index (χ0v) is 29.2. The number of para-hydroxylation sites is 1. The van der Waals surface area contributed by atoms with Crippen LogP contribution in [0.3, 0.4) is 0 Å². The molecule has 0 aliphatic rings. The predicted molar refractivity (Wildman–Crippen MR) is 225 cm³/mol. The highest BCUT2D eigenvalue weighted by atomic mass is 32.1. The van der Waals surface area contributed by atoms with Gasteiger partial charge in [0.25, 0.3) is 0 Å². The number of hydrogen-bond acceptors (Lipinski definition) is 2. The number of fused-ring (bicyclic) bond motifs is 6. The minimum atomic E-state index is 1.12. The Labute approximate surface area is 307 Å². The normalized spacial score (nSPS) is 11.5. The topological polar surface area (TPSA) is 3.24 Å².